The van der Waals surface area contributed by atoms with Gasteiger partial charge in [0.05, 0.1) is 95.3 Å². The minimum atomic E-state index is -4.73. The Morgan fingerprint density at radius 3 is 1.45 bits per heavy atom. The number of aryl methyl sites for hydroxylation is 2. The van der Waals surface area contributed by atoms with E-state index in [1.165, 1.54) is 72.2 Å². The van der Waals surface area contributed by atoms with E-state index in [0.29, 0.717) is 35.3 Å². The number of ether oxygens (including phenoxy) is 2. The first-order chi connectivity index (χ1) is 34.8. The molecule has 4 aromatic carbocycles. The first kappa shape index (κ1) is 55.4. The number of rotatable bonds is 16. The number of amides is 4. The molecule has 0 saturated carbocycles. The number of anilines is 2. The summed E-state index contributed by atoms with van der Waals surface area (Å²) >= 11 is 0. The Bertz CT molecular complexity index is 2850. The smallest absolute Gasteiger partial charge is 0.416 e. The maximum atomic E-state index is 14.7. The van der Waals surface area contributed by atoms with Crippen LogP contribution in [-0.2, 0) is 44.5 Å². The van der Waals surface area contributed by atoms with Gasteiger partial charge in [-0.2, -0.15) is 36.9 Å². The molecule has 7 rings (SSSR count). The zero-order chi connectivity index (χ0) is 52.8. The molecule has 4 amide bonds. The van der Waals surface area contributed by atoms with Crippen molar-refractivity contribution >= 4 is 35.4 Å². The molecule has 2 aliphatic heterocycles. The van der Waals surface area contributed by atoms with Gasteiger partial charge < -0.3 is 36.3 Å². The third kappa shape index (κ3) is 11.8. The minimum absolute atomic E-state index is 0. The van der Waals surface area contributed by atoms with E-state index in [1.54, 1.807) is 56.8 Å². The van der Waals surface area contributed by atoms with Crippen LogP contribution in [0.3, 0.4) is 0 Å². The fraction of sp³-hybridized carbons (Fsp3) is 0.302. The summed E-state index contributed by atoms with van der Waals surface area (Å²) in [6, 6.07) is 21.6. The summed E-state index contributed by atoms with van der Waals surface area (Å²) in [6.45, 7) is 6.69. The molecule has 0 aliphatic carbocycles. The number of urea groups is 2. The zero-order valence-electron chi connectivity index (χ0n) is 40.5. The second-order valence-electron chi connectivity index (χ2n) is 17.0. The highest BCUT2D eigenvalue weighted by atomic mass is 79.9. The molecule has 2 atom stereocenters. The molecule has 0 fully saturated rings. The van der Waals surface area contributed by atoms with E-state index < -0.39 is 59.6 Å². The fourth-order valence-corrected chi connectivity index (χ4v) is 9.07. The van der Waals surface area contributed by atoms with Gasteiger partial charge in [0.1, 0.15) is 12.4 Å². The first-order valence-electron chi connectivity index (χ1n) is 23.2. The number of hydrogen-bond donors (Lipinski definition) is 0. The van der Waals surface area contributed by atoms with E-state index in [0.717, 1.165) is 34.1 Å². The summed E-state index contributed by atoms with van der Waals surface area (Å²) in [4.78, 5) is 61.9. The van der Waals surface area contributed by atoms with Crippen molar-refractivity contribution in [2.45, 2.75) is 78.1 Å². The van der Waals surface area contributed by atoms with Crippen LogP contribution >= 0.6 is 0 Å². The number of benzene rings is 4. The summed E-state index contributed by atoms with van der Waals surface area (Å²) in [5.41, 5.74) is -0.474. The Labute approximate surface area is 433 Å². The van der Waals surface area contributed by atoms with Crippen LogP contribution in [0.4, 0.5) is 47.3 Å². The van der Waals surface area contributed by atoms with Crippen LogP contribution < -0.4 is 31.3 Å². The van der Waals surface area contributed by atoms with Crippen molar-refractivity contribution in [1.82, 2.24) is 14.4 Å². The molecule has 2 unspecified atom stereocenters. The van der Waals surface area contributed by atoms with Gasteiger partial charge in [-0.25, -0.2) is 28.3 Å². The summed E-state index contributed by atoms with van der Waals surface area (Å²) < 4.78 is 98.3. The number of carbonyl (C=O) groups is 4. The molecule has 0 bridgehead atoms. The Morgan fingerprint density at radius 1 is 0.635 bits per heavy atom. The molecular weight excluding hydrogens is 1040 g/mol. The van der Waals surface area contributed by atoms with Crippen LogP contribution in [-0.4, -0.2) is 64.7 Å². The highest BCUT2D eigenvalue weighted by Gasteiger charge is 2.45. The molecule has 21 heteroatoms. The van der Waals surface area contributed by atoms with Gasteiger partial charge in [0.15, 0.2) is 0 Å². The van der Waals surface area contributed by atoms with Crippen LogP contribution in [0, 0.1) is 22.7 Å². The van der Waals surface area contributed by atoms with Crippen molar-refractivity contribution in [3.63, 3.8) is 0 Å². The van der Waals surface area contributed by atoms with E-state index in [-0.39, 0.29) is 90.0 Å². The Hall–Kier alpha value is -7.91. The summed E-state index contributed by atoms with van der Waals surface area (Å²) in [7, 11) is 0. The van der Waals surface area contributed by atoms with Crippen LogP contribution in [0.5, 0.6) is 0 Å². The van der Waals surface area contributed by atoms with Crippen molar-refractivity contribution in [3.8, 4) is 12.1 Å². The Balaban J connectivity index is 0.00000892. The lowest BCUT2D eigenvalue weighted by molar-refractivity contribution is -0.696. The minimum Gasteiger partial charge on any atom is -1.00 e. The zero-order valence-corrected chi connectivity index (χ0v) is 42.0. The van der Waals surface area contributed by atoms with Gasteiger partial charge in [0, 0.05) is 37.3 Å². The van der Waals surface area contributed by atoms with Gasteiger partial charge in [-0.15, -0.1) is 0 Å². The maximum absolute atomic E-state index is 14.7. The molecule has 14 nitrogen and oxygen atoms in total. The molecule has 386 valence electrons. The number of hydrogen-bond acceptors (Lipinski definition) is 8. The third-order valence-electron chi connectivity index (χ3n) is 12.4. The van der Waals surface area contributed by atoms with E-state index in [9.17, 15) is 56.0 Å². The summed E-state index contributed by atoms with van der Waals surface area (Å²) in [6.07, 6.45) is -3.58. The van der Waals surface area contributed by atoms with Crippen LogP contribution in [0.1, 0.15) is 86.0 Å². The average Bonchev–Trinajstić information content (AvgIpc) is 3.82. The molecule has 74 heavy (non-hydrogen) atoms. The lowest BCUT2D eigenvalue weighted by Crippen LogP contribution is -3.00. The van der Waals surface area contributed by atoms with Crippen LogP contribution in [0.25, 0.3) is 0 Å². The number of nitrogens with zero attached hydrogens (tertiary/aromatic N) is 8. The van der Waals surface area contributed by atoms with E-state index in [1.807, 2.05) is 21.3 Å². The number of esters is 2. The normalized spacial score (nSPS) is 16.2. The molecule has 1 aromatic heterocycles. The maximum Gasteiger partial charge on any atom is 0.416 e. The topological polar surface area (TPSA) is 156 Å². The Morgan fingerprint density at radius 2 is 1.05 bits per heavy atom. The molecular formula is C53H49BrF6N8O6. The molecule has 2 aliphatic rings. The van der Waals surface area contributed by atoms with E-state index in [2.05, 4.69) is 0 Å². The molecule has 0 radical (unpaired) electrons. The standard InChI is InChI=1S/C53H49F6N8O6.BrH/c1-5-72-48(68)44-34(3)66(42-13-7-11-40(29-42)52(54,55)56)50(70)64(46(44)38-19-15-36(31-60)16-20-38)25-9-23-62-27-28-63(33-62)24-10-26-65-47(39-21-17-37(32-61)18-22-39)45(49(69)73-6-2)35(4)67(51(65)71)43-14-8-12-41(30-43)53(57,58)59;/h7-8,11-22,27-30,33,46-47H,5-6,9-10,23-26H2,1-4H3;1H/q+1;/p-1. The third-order valence-corrected chi connectivity index (χ3v) is 12.4. The largest absolute Gasteiger partial charge is 1.00 e. The number of alkyl halides is 6. The first-order valence-corrected chi connectivity index (χ1v) is 23.2. The predicted molar refractivity (Wildman–Crippen MR) is 252 cm³/mol. The highest BCUT2D eigenvalue weighted by molar-refractivity contribution is 6.04. The van der Waals surface area contributed by atoms with Crippen LogP contribution in [0.15, 0.2) is 138 Å². The van der Waals surface area contributed by atoms with Gasteiger partial charge in [0.2, 0.25) is 6.33 Å². The number of carbonyl (C=O) groups excluding carboxylic acids is 4. The lowest BCUT2D eigenvalue weighted by Gasteiger charge is -2.43. The van der Waals surface area contributed by atoms with Gasteiger partial charge in [-0.05, 0) is 99.5 Å². The molecule has 0 N–H and O–H groups in total. The van der Waals surface area contributed by atoms with Gasteiger partial charge in [0.25, 0.3) is 0 Å². The number of imidazole rings is 1. The average molecular weight is 1090 g/mol. The van der Waals surface area contributed by atoms with Crippen molar-refractivity contribution in [3.05, 3.63) is 172 Å². The number of allylic oxidation sites excluding steroid dienone is 2. The lowest BCUT2D eigenvalue weighted by atomic mass is 9.92. The SMILES string of the molecule is CCOC(=O)C1=C(C)N(c2cccc(C(F)(F)F)c2)C(=O)N(CCCn2cc[n+](CCCN3C(=O)N(c4cccc(C(F)(F)F)c4)C(C)=C(C(=O)OCC)C3c3ccc(C#N)cc3)c2)C1c1ccc(C#N)cc1.[Br-]. The van der Waals surface area contributed by atoms with Crippen molar-refractivity contribution < 1.29 is 76.5 Å². The number of halogens is 7. The van der Waals surface area contributed by atoms with Gasteiger partial charge in [-0.1, -0.05) is 36.4 Å². The van der Waals surface area contributed by atoms with Crippen LogP contribution in [0.2, 0.25) is 0 Å². The van der Waals surface area contributed by atoms with Gasteiger partial charge in [-0.3, -0.25) is 9.80 Å². The second-order valence-corrected chi connectivity index (χ2v) is 17.0. The molecule has 0 spiro atoms. The molecule has 0 saturated heterocycles. The highest BCUT2D eigenvalue weighted by Crippen LogP contribution is 2.43. The molecule has 3 heterocycles. The summed E-state index contributed by atoms with van der Waals surface area (Å²) in [5.74, 6) is -1.56. The monoisotopic (exact) mass is 1090 g/mol. The second kappa shape index (κ2) is 23.3. The molecule has 5 aromatic rings. The quantitative estimate of drug-likeness (QED) is 0.0563. The number of nitriles is 2. The van der Waals surface area contributed by atoms with Crippen molar-refractivity contribution in [2.75, 3.05) is 36.1 Å². The van der Waals surface area contributed by atoms with Gasteiger partial charge >= 0.3 is 36.4 Å². The summed E-state index contributed by atoms with van der Waals surface area (Å²) in [5, 5.41) is 19.0. The predicted octanol–water partition coefficient (Wildman–Crippen LogP) is 7.38. The van der Waals surface area contributed by atoms with E-state index in [4.69, 9.17) is 9.47 Å². The Kier molecular flexibility index (Phi) is 17.5. The number of aromatic nitrogens is 2. The van der Waals surface area contributed by atoms with Crippen molar-refractivity contribution in [2.24, 2.45) is 0 Å². The van der Waals surface area contributed by atoms with Crippen molar-refractivity contribution in [1.29, 1.82) is 10.5 Å². The fourth-order valence-electron chi connectivity index (χ4n) is 9.07. The van der Waals surface area contributed by atoms with E-state index >= 15 is 0 Å².